The molecule has 1 aliphatic heterocycles. The number of hydrogen-bond donors (Lipinski definition) is 2. The monoisotopic (exact) mass is 349 g/mol. The molecule has 0 radical (unpaired) electrons. The van der Waals surface area contributed by atoms with Gasteiger partial charge in [0, 0.05) is 37.3 Å². The molecule has 0 bridgehead atoms. The number of aryl methyl sites for hydroxylation is 1. The second kappa shape index (κ2) is 8.03. The molecular weight excluding hydrogens is 326 g/mol. The minimum absolute atomic E-state index is 0.123. The summed E-state index contributed by atoms with van der Waals surface area (Å²) in [6, 6.07) is 12.8. The van der Waals surface area contributed by atoms with Gasteiger partial charge in [-0.25, -0.2) is 0 Å². The first-order chi connectivity index (χ1) is 12.6. The number of carbonyl (C=O) groups is 1. The fourth-order valence-electron chi connectivity index (χ4n) is 3.30. The standard InChI is InChI=1S/C21H23N3O2/c1-15-10-17(4-6-19(15)21(26)24-8-2-3-9-24)13-23-14-18-11-16(12-22)5-7-20(18)25/h4-7,10-11,23,25H,2-3,8-9,13-14H2,1H3. The van der Waals surface area contributed by atoms with Crippen LogP contribution in [-0.4, -0.2) is 29.0 Å². The topological polar surface area (TPSA) is 76.4 Å². The lowest BCUT2D eigenvalue weighted by molar-refractivity contribution is 0.0792. The number of benzene rings is 2. The fourth-order valence-corrected chi connectivity index (χ4v) is 3.30. The Bertz CT molecular complexity index is 849. The molecule has 1 fully saturated rings. The van der Waals surface area contributed by atoms with Crippen molar-refractivity contribution in [3.63, 3.8) is 0 Å². The lowest BCUT2D eigenvalue weighted by atomic mass is 10.0. The van der Waals surface area contributed by atoms with Crippen molar-refractivity contribution in [2.24, 2.45) is 0 Å². The van der Waals surface area contributed by atoms with Crippen LogP contribution in [0.4, 0.5) is 0 Å². The maximum atomic E-state index is 12.5. The molecule has 5 heteroatoms. The highest BCUT2D eigenvalue weighted by Crippen LogP contribution is 2.19. The van der Waals surface area contributed by atoms with Gasteiger partial charge in [0.2, 0.25) is 0 Å². The Morgan fingerprint density at radius 3 is 2.65 bits per heavy atom. The molecule has 5 nitrogen and oxygen atoms in total. The van der Waals surface area contributed by atoms with Crippen molar-refractivity contribution in [2.45, 2.75) is 32.9 Å². The average molecular weight is 349 g/mol. The number of aromatic hydroxyl groups is 1. The number of nitrogens with one attached hydrogen (secondary N) is 1. The summed E-state index contributed by atoms with van der Waals surface area (Å²) in [6.45, 7) is 4.76. The summed E-state index contributed by atoms with van der Waals surface area (Å²) in [5.41, 5.74) is 4.06. The van der Waals surface area contributed by atoms with Gasteiger partial charge in [-0.1, -0.05) is 12.1 Å². The molecule has 26 heavy (non-hydrogen) atoms. The van der Waals surface area contributed by atoms with Crippen molar-refractivity contribution < 1.29 is 9.90 Å². The van der Waals surface area contributed by atoms with E-state index in [9.17, 15) is 9.90 Å². The molecule has 1 heterocycles. The van der Waals surface area contributed by atoms with Crippen molar-refractivity contribution in [3.05, 3.63) is 64.2 Å². The lowest BCUT2D eigenvalue weighted by Gasteiger charge is -2.17. The Morgan fingerprint density at radius 2 is 1.96 bits per heavy atom. The molecule has 1 aliphatic rings. The van der Waals surface area contributed by atoms with E-state index in [2.05, 4.69) is 11.4 Å². The van der Waals surface area contributed by atoms with E-state index in [0.29, 0.717) is 24.2 Å². The van der Waals surface area contributed by atoms with E-state index in [1.165, 1.54) is 0 Å². The fraction of sp³-hybridized carbons (Fsp3) is 0.333. The van der Waals surface area contributed by atoms with Crippen LogP contribution in [0.5, 0.6) is 5.75 Å². The van der Waals surface area contributed by atoms with Gasteiger partial charge in [-0.15, -0.1) is 0 Å². The Labute approximate surface area is 153 Å². The molecule has 1 amide bonds. The second-order valence-electron chi connectivity index (χ2n) is 6.71. The van der Waals surface area contributed by atoms with Crippen LogP contribution in [0.3, 0.4) is 0 Å². The van der Waals surface area contributed by atoms with E-state index in [1.807, 2.05) is 30.0 Å². The third kappa shape index (κ3) is 4.04. The third-order valence-electron chi connectivity index (χ3n) is 4.77. The van der Waals surface area contributed by atoms with E-state index in [4.69, 9.17) is 5.26 Å². The van der Waals surface area contributed by atoms with Crippen LogP contribution in [0.25, 0.3) is 0 Å². The molecular formula is C21H23N3O2. The number of phenolic OH excluding ortho intramolecular Hbond substituents is 1. The van der Waals surface area contributed by atoms with Gasteiger partial charge in [0.05, 0.1) is 11.6 Å². The van der Waals surface area contributed by atoms with Crippen molar-refractivity contribution in [2.75, 3.05) is 13.1 Å². The second-order valence-corrected chi connectivity index (χ2v) is 6.71. The van der Waals surface area contributed by atoms with Crippen molar-refractivity contribution in [1.82, 2.24) is 10.2 Å². The molecule has 2 aromatic carbocycles. The van der Waals surface area contributed by atoms with E-state index >= 15 is 0 Å². The smallest absolute Gasteiger partial charge is 0.254 e. The lowest BCUT2D eigenvalue weighted by Crippen LogP contribution is -2.28. The van der Waals surface area contributed by atoms with E-state index in [0.717, 1.165) is 42.6 Å². The van der Waals surface area contributed by atoms with Crippen molar-refractivity contribution in [1.29, 1.82) is 5.26 Å². The molecule has 3 rings (SSSR count). The van der Waals surface area contributed by atoms with E-state index in [1.54, 1.807) is 18.2 Å². The SMILES string of the molecule is Cc1cc(CNCc2cc(C#N)ccc2O)ccc1C(=O)N1CCCC1. The zero-order valence-corrected chi connectivity index (χ0v) is 15.0. The van der Waals surface area contributed by atoms with Gasteiger partial charge in [-0.05, 0) is 55.2 Å². The van der Waals surface area contributed by atoms with Crippen LogP contribution < -0.4 is 5.32 Å². The Kier molecular flexibility index (Phi) is 5.55. The van der Waals surface area contributed by atoms with Gasteiger partial charge >= 0.3 is 0 Å². The zero-order chi connectivity index (χ0) is 18.5. The van der Waals surface area contributed by atoms with Gasteiger partial charge in [0.25, 0.3) is 5.91 Å². The van der Waals surface area contributed by atoms with E-state index in [-0.39, 0.29) is 11.7 Å². The van der Waals surface area contributed by atoms with Gasteiger partial charge in [-0.3, -0.25) is 4.79 Å². The number of likely N-dealkylation sites (tertiary alicyclic amines) is 1. The normalized spacial score (nSPS) is 13.6. The van der Waals surface area contributed by atoms with Gasteiger partial charge in [0.1, 0.15) is 5.75 Å². The number of hydrogen-bond acceptors (Lipinski definition) is 4. The van der Waals surface area contributed by atoms with Crippen molar-refractivity contribution in [3.8, 4) is 11.8 Å². The first-order valence-electron chi connectivity index (χ1n) is 8.90. The number of phenols is 1. The van der Waals surface area contributed by atoms with Crippen LogP contribution in [-0.2, 0) is 13.1 Å². The van der Waals surface area contributed by atoms with Crippen LogP contribution in [0.15, 0.2) is 36.4 Å². The minimum Gasteiger partial charge on any atom is -0.508 e. The highest BCUT2D eigenvalue weighted by Gasteiger charge is 2.20. The molecule has 0 aliphatic carbocycles. The first kappa shape index (κ1) is 18.0. The quantitative estimate of drug-likeness (QED) is 0.870. The van der Waals surface area contributed by atoms with Crippen LogP contribution >= 0.6 is 0 Å². The van der Waals surface area contributed by atoms with Crippen LogP contribution in [0, 0.1) is 18.3 Å². The summed E-state index contributed by atoms with van der Waals surface area (Å²) in [5, 5.41) is 22.1. The number of carbonyl (C=O) groups excluding carboxylic acids is 1. The molecule has 0 aromatic heterocycles. The van der Waals surface area contributed by atoms with Crippen LogP contribution in [0.1, 0.15) is 45.5 Å². The molecule has 1 saturated heterocycles. The minimum atomic E-state index is 0.123. The first-order valence-corrected chi connectivity index (χ1v) is 8.90. The molecule has 0 saturated carbocycles. The predicted octanol–water partition coefficient (Wildman–Crippen LogP) is 3.10. The molecule has 0 atom stereocenters. The Morgan fingerprint density at radius 1 is 1.19 bits per heavy atom. The number of nitrogens with zero attached hydrogens (tertiary/aromatic N) is 2. The summed E-state index contributed by atoms with van der Waals surface area (Å²) in [5.74, 6) is 0.303. The summed E-state index contributed by atoms with van der Waals surface area (Å²) >= 11 is 0. The highest BCUT2D eigenvalue weighted by molar-refractivity contribution is 5.95. The summed E-state index contributed by atoms with van der Waals surface area (Å²) in [6.07, 6.45) is 2.18. The molecule has 2 aromatic rings. The molecule has 0 spiro atoms. The molecule has 134 valence electrons. The van der Waals surface area contributed by atoms with E-state index < -0.39 is 0 Å². The third-order valence-corrected chi connectivity index (χ3v) is 4.77. The maximum absolute atomic E-state index is 12.5. The summed E-state index contributed by atoms with van der Waals surface area (Å²) in [4.78, 5) is 14.5. The summed E-state index contributed by atoms with van der Waals surface area (Å²) in [7, 11) is 0. The van der Waals surface area contributed by atoms with Crippen LogP contribution in [0.2, 0.25) is 0 Å². The highest BCUT2D eigenvalue weighted by atomic mass is 16.3. The maximum Gasteiger partial charge on any atom is 0.254 e. The number of rotatable bonds is 5. The number of nitriles is 1. The van der Waals surface area contributed by atoms with Gasteiger partial charge < -0.3 is 15.3 Å². The predicted molar refractivity (Wildman–Crippen MR) is 99.7 cm³/mol. The Balaban J connectivity index is 1.61. The van der Waals surface area contributed by atoms with Gasteiger partial charge in [0.15, 0.2) is 0 Å². The van der Waals surface area contributed by atoms with Crippen molar-refractivity contribution >= 4 is 5.91 Å². The molecule has 2 N–H and O–H groups in total. The average Bonchev–Trinajstić information content (AvgIpc) is 3.17. The largest absolute Gasteiger partial charge is 0.508 e. The summed E-state index contributed by atoms with van der Waals surface area (Å²) < 4.78 is 0. The zero-order valence-electron chi connectivity index (χ0n) is 15.0. The van der Waals surface area contributed by atoms with Gasteiger partial charge in [-0.2, -0.15) is 5.26 Å². The molecule has 0 unspecified atom stereocenters. The number of amides is 1. The Hall–Kier alpha value is -2.84.